The topological polar surface area (TPSA) is 136 Å². The molecule has 3 heterocycles. The highest BCUT2D eigenvalue weighted by Gasteiger charge is 2.24. The summed E-state index contributed by atoms with van der Waals surface area (Å²) >= 11 is 0. The molecule has 0 bridgehead atoms. The molecule has 0 radical (unpaired) electrons. The molecule has 0 saturated heterocycles. The van der Waals surface area contributed by atoms with Crippen LogP contribution in [0.2, 0.25) is 0 Å². The Labute approximate surface area is 218 Å². The van der Waals surface area contributed by atoms with Crippen molar-refractivity contribution in [3.05, 3.63) is 82.9 Å². The van der Waals surface area contributed by atoms with E-state index in [9.17, 15) is 4.79 Å². The van der Waals surface area contributed by atoms with Gasteiger partial charge in [0.15, 0.2) is 0 Å². The molecule has 0 fully saturated rings. The molecule has 10 heteroatoms. The van der Waals surface area contributed by atoms with Crippen molar-refractivity contribution in [2.75, 3.05) is 18.2 Å². The average Bonchev–Trinajstić information content (AvgIpc) is 3.34. The predicted octanol–water partition coefficient (Wildman–Crippen LogP) is 4.83. The molecule has 1 aliphatic carbocycles. The molecule has 1 aliphatic rings. The van der Waals surface area contributed by atoms with Crippen molar-refractivity contribution in [1.29, 1.82) is 0 Å². The molecule has 0 amide bonds. The molecule has 190 valence electrons. The molecular weight excluding hydrogens is 480 g/mol. The van der Waals surface area contributed by atoms with E-state index < -0.39 is 0 Å². The zero-order valence-corrected chi connectivity index (χ0v) is 20.8. The summed E-state index contributed by atoms with van der Waals surface area (Å²) in [6.07, 6.45) is 7.71. The number of hydrogen-bond acceptors (Lipinski definition) is 8. The highest BCUT2D eigenvalue weighted by molar-refractivity contribution is 5.89. The summed E-state index contributed by atoms with van der Waals surface area (Å²) < 4.78 is 6.77. The standard InChI is InChI=1S/C28H26N8O2/c1-38-20-14-12-18(13-15-20)22-24(33-28-31-16-30-27(29)34-28)32-25-21(17-8-4-2-5-9-17)23(35-36(25)26(22)37)19-10-6-3-7-11-19/h3,6-8,10-16,32H,2,4-5,9H2,1H3,(H3,29,30,31,33,34). The van der Waals surface area contributed by atoms with Crippen LogP contribution in [0, 0.1) is 0 Å². The Morgan fingerprint density at radius 1 is 1.00 bits per heavy atom. The maximum atomic E-state index is 14.2. The molecule has 5 aromatic rings. The maximum Gasteiger partial charge on any atom is 0.284 e. The SMILES string of the molecule is COc1ccc(-c2c(Nc3ncnc(N)n3)[nH]c3c(C4=CCCCC4)c(-c4ccccc4)nn3c2=O)cc1. The maximum absolute atomic E-state index is 14.2. The van der Waals surface area contributed by atoms with E-state index in [1.54, 1.807) is 19.2 Å². The fourth-order valence-corrected chi connectivity index (χ4v) is 4.84. The van der Waals surface area contributed by atoms with E-state index in [0.717, 1.165) is 42.5 Å². The molecule has 0 saturated carbocycles. The first-order valence-corrected chi connectivity index (χ1v) is 12.4. The molecule has 3 aromatic heterocycles. The number of fused-ring (bicyclic) bond motifs is 1. The van der Waals surface area contributed by atoms with Crippen LogP contribution in [0.15, 0.2) is 71.8 Å². The molecular formula is C28H26N8O2. The Kier molecular flexibility index (Phi) is 6.04. The smallest absolute Gasteiger partial charge is 0.284 e. The molecule has 0 spiro atoms. The number of benzene rings is 2. The van der Waals surface area contributed by atoms with Crippen LogP contribution in [0.4, 0.5) is 17.7 Å². The Bertz CT molecular complexity index is 1710. The quantitative estimate of drug-likeness (QED) is 0.298. The number of H-pyrrole nitrogens is 1. The second-order valence-electron chi connectivity index (χ2n) is 9.03. The van der Waals surface area contributed by atoms with Crippen molar-refractivity contribution in [3.63, 3.8) is 0 Å². The van der Waals surface area contributed by atoms with E-state index in [4.69, 9.17) is 15.6 Å². The molecule has 0 aliphatic heterocycles. The summed E-state index contributed by atoms with van der Waals surface area (Å²) in [4.78, 5) is 29.8. The van der Waals surface area contributed by atoms with Gasteiger partial charge in [-0.25, -0.2) is 9.97 Å². The van der Waals surface area contributed by atoms with Gasteiger partial charge in [-0.2, -0.15) is 14.6 Å². The van der Waals surface area contributed by atoms with Gasteiger partial charge in [0.2, 0.25) is 11.9 Å². The molecule has 38 heavy (non-hydrogen) atoms. The van der Waals surface area contributed by atoms with E-state index in [1.165, 1.54) is 16.4 Å². The van der Waals surface area contributed by atoms with Crippen LogP contribution in [-0.2, 0) is 0 Å². The number of aromatic amines is 1. The normalized spacial score (nSPS) is 13.3. The molecule has 4 N–H and O–H groups in total. The summed E-state index contributed by atoms with van der Waals surface area (Å²) in [6.45, 7) is 0. The van der Waals surface area contributed by atoms with Gasteiger partial charge in [0.25, 0.3) is 5.56 Å². The number of nitrogen functional groups attached to an aromatic ring is 1. The fraction of sp³-hybridized carbons (Fsp3) is 0.179. The first kappa shape index (κ1) is 23.4. The monoisotopic (exact) mass is 506 g/mol. The fourth-order valence-electron chi connectivity index (χ4n) is 4.84. The van der Waals surface area contributed by atoms with E-state index >= 15 is 0 Å². The Morgan fingerprint density at radius 2 is 1.82 bits per heavy atom. The van der Waals surface area contributed by atoms with E-state index in [0.29, 0.717) is 28.3 Å². The summed E-state index contributed by atoms with van der Waals surface area (Å²) in [5.74, 6) is 1.40. The van der Waals surface area contributed by atoms with Gasteiger partial charge in [0.1, 0.15) is 29.2 Å². The molecule has 2 aromatic carbocycles. The number of ether oxygens (including phenoxy) is 1. The van der Waals surface area contributed by atoms with Gasteiger partial charge in [-0.15, -0.1) is 0 Å². The van der Waals surface area contributed by atoms with Gasteiger partial charge in [0, 0.05) is 11.1 Å². The van der Waals surface area contributed by atoms with Crippen molar-refractivity contribution in [2.24, 2.45) is 0 Å². The number of nitrogens with one attached hydrogen (secondary N) is 2. The summed E-state index contributed by atoms with van der Waals surface area (Å²) in [5, 5.41) is 8.02. The van der Waals surface area contributed by atoms with Gasteiger partial charge in [-0.3, -0.25) is 4.79 Å². The van der Waals surface area contributed by atoms with Crippen molar-refractivity contribution in [2.45, 2.75) is 25.7 Å². The summed E-state index contributed by atoms with van der Waals surface area (Å²) in [7, 11) is 1.60. The Hall–Kier alpha value is -4.99. The van der Waals surface area contributed by atoms with Crippen molar-refractivity contribution >= 4 is 28.9 Å². The van der Waals surface area contributed by atoms with Crippen LogP contribution in [0.5, 0.6) is 5.75 Å². The zero-order chi connectivity index (χ0) is 26.1. The Balaban J connectivity index is 1.65. The zero-order valence-electron chi connectivity index (χ0n) is 20.8. The van der Waals surface area contributed by atoms with E-state index in [2.05, 4.69) is 31.3 Å². The lowest BCUT2D eigenvalue weighted by Crippen LogP contribution is -2.20. The van der Waals surface area contributed by atoms with Crippen LogP contribution in [0.25, 0.3) is 33.6 Å². The second kappa shape index (κ2) is 9.81. The number of aromatic nitrogens is 6. The number of methoxy groups -OCH3 is 1. The average molecular weight is 507 g/mol. The van der Waals surface area contributed by atoms with Gasteiger partial charge < -0.3 is 20.8 Å². The van der Waals surface area contributed by atoms with Gasteiger partial charge in [-0.05, 0) is 49.0 Å². The summed E-state index contributed by atoms with van der Waals surface area (Å²) in [6, 6.07) is 17.2. The third kappa shape index (κ3) is 4.26. The van der Waals surface area contributed by atoms with Crippen LogP contribution in [0.1, 0.15) is 31.2 Å². The minimum atomic E-state index is -0.284. The number of allylic oxidation sites excluding steroid dienone is 2. The van der Waals surface area contributed by atoms with Gasteiger partial charge >= 0.3 is 0 Å². The predicted molar refractivity (Wildman–Crippen MR) is 147 cm³/mol. The molecule has 0 atom stereocenters. The van der Waals surface area contributed by atoms with E-state index in [-0.39, 0.29) is 17.5 Å². The first-order valence-electron chi connectivity index (χ1n) is 12.4. The minimum Gasteiger partial charge on any atom is -0.497 e. The van der Waals surface area contributed by atoms with Crippen molar-refractivity contribution < 1.29 is 4.74 Å². The van der Waals surface area contributed by atoms with Crippen LogP contribution in [0.3, 0.4) is 0 Å². The van der Waals surface area contributed by atoms with Crippen molar-refractivity contribution in [1.82, 2.24) is 29.5 Å². The third-order valence-electron chi connectivity index (χ3n) is 6.65. The lowest BCUT2D eigenvalue weighted by atomic mass is 9.92. The highest BCUT2D eigenvalue weighted by Crippen LogP contribution is 2.37. The number of nitrogens with zero attached hydrogens (tertiary/aromatic N) is 5. The first-order chi connectivity index (χ1) is 18.6. The van der Waals surface area contributed by atoms with Crippen molar-refractivity contribution in [3.8, 4) is 28.1 Å². The molecule has 0 unspecified atom stereocenters. The van der Waals surface area contributed by atoms with Gasteiger partial charge in [0.05, 0.1) is 12.7 Å². The highest BCUT2D eigenvalue weighted by atomic mass is 16.5. The molecule has 10 nitrogen and oxygen atoms in total. The molecule has 6 rings (SSSR count). The van der Waals surface area contributed by atoms with Crippen LogP contribution < -0.4 is 21.3 Å². The summed E-state index contributed by atoms with van der Waals surface area (Å²) in [5.41, 5.74) is 11.0. The number of anilines is 3. The second-order valence-corrected chi connectivity index (χ2v) is 9.03. The number of hydrogen-bond donors (Lipinski definition) is 3. The third-order valence-corrected chi connectivity index (χ3v) is 6.65. The number of nitrogens with two attached hydrogens (primary N) is 1. The van der Waals surface area contributed by atoms with Gasteiger partial charge in [-0.1, -0.05) is 48.5 Å². The van der Waals surface area contributed by atoms with Crippen LogP contribution >= 0.6 is 0 Å². The Morgan fingerprint density at radius 3 is 2.53 bits per heavy atom. The van der Waals surface area contributed by atoms with E-state index in [1.807, 2.05) is 42.5 Å². The largest absolute Gasteiger partial charge is 0.497 e. The number of rotatable bonds is 6. The van der Waals surface area contributed by atoms with Crippen LogP contribution in [-0.4, -0.2) is 36.7 Å². The lowest BCUT2D eigenvalue weighted by Gasteiger charge is -2.15. The lowest BCUT2D eigenvalue weighted by molar-refractivity contribution is 0.415. The minimum absolute atomic E-state index is 0.0701.